The van der Waals surface area contributed by atoms with E-state index >= 15 is 0 Å². The summed E-state index contributed by atoms with van der Waals surface area (Å²) in [5.74, 6) is 1.18. The molecule has 1 amide bonds. The molecule has 5 rings (SSSR count). The fourth-order valence-electron chi connectivity index (χ4n) is 3.88. The average Bonchev–Trinajstić information content (AvgIpc) is 3.48. The summed E-state index contributed by atoms with van der Waals surface area (Å²) in [5.41, 5.74) is 5.64. The van der Waals surface area contributed by atoms with Crippen LogP contribution in [0.1, 0.15) is 27.4 Å². The molecule has 0 bridgehead atoms. The molecule has 1 aliphatic rings. The molecule has 0 aliphatic carbocycles. The molecule has 1 N–H and O–H groups in total. The second-order valence-electron chi connectivity index (χ2n) is 7.68. The third-order valence-corrected chi connectivity index (χ3v) is 6.83. The Hall–Kier alpha value is -3.03. The fraction of sp³-hybridized carbons (Fsp3) is 0.208. The number of carbonyl (C=O) groups is 1. The Morgan fingerprint density at radius 3 is 2.72 bits per heavy atom. The number of benzene rings is 2. The zero-order valence-electron chi connectivity index (χ0n) is 17.7. The molecule has 0 saturated heterocycles. The maximum atomic E-state index is 13.2. The maximum Gasteiger partial charge on any atom is 0.257 e. The normalized spacial score (nSPS) is 12.7. The summed E-state index contributed by atoms with van der Waals surface area (Å²) in [6.07, 6.45) is 0. The first-order chi connectivity index (χ1) is 15.5. The van der Waals surface area contributed by atoms with Crippen LogP contribution < -0.4 is 5.32 Å². The van der Waals surface area contributed by atoms with Crippen molar-refractivity contribution in [2.75, 3.05) is 5.75 Å². The van der Waals surface area contributed by atoms with Gasteiger partial charge in [0.2, 0.25) is 0 Å². The monoisotopic (exact) mass is 464 g/mol. The van der Waals surface area contributed by atoms with Gasteiger partial charge < -0.3 is 14.4 Å². The number of thioether (sulfide) groups is 1. The number of carbonyl (C=O) groups excluding carboxylic acids is 1. The van der Waals surface area contributed by atoms with Crippen molar-refractivity contribution >= 4 is 29.3 Å². The SMILES string of the molecule is Cc1ccc(-c2nc3n(c2CNC(=O)c2c(-c4ccccc4Cl)noc2C)CCS3)cc1. The van der Waals surface area contributed by atoms with E-state index in [-0.39, 0.29) is 5.91 Å². The smallest absolute Gasteiger partial charge is 0.257 e. The van der Waals surface area contributed by atoms with E-state index in [1.165, 1.54) is 5.56 Å². The van der Waals surface area contributed by atoms with Crippen LogP contribution in [0.3, 0.4) is 0 Å². The van der Waals surface area contributed by atoms with E-state index in [0.29, 0.717) is 34.1 Å². The first-order valence-corrected chi connectivity index (χ1v) is 11.7. The molecular weight excluding hydrogens is 444 g/mol. The third kappa shape index (κ3) is 3.72. The van der Waals surface area contributed by atoms with Crippen molar-refractivity contribution in [2.24, 2.45) is 0 Å². The van der Waals surface area contributed by atoms with E-state index in [9.17, 15) is 4.79 Å². The van der Waals surface area contributed by atoms with Crippen molar-refractivity contribution in [2.45, 2.75) is 32.1 Å². The molecule has 1 aliphatic heterocycles. The molecule has 2 aromatic heterocycles. The van der Waals surface area contributed by atoms with Gasteiger partial charge in [0.15, 0.2) is 5.16 Å². The first-order valence-electron chi connectivity index (χ1n) is 10.3. The molecule has 0 unspecified atom stereocenters. The molecule has 0 spiro atoms. The summed E-state index contributed by atoms with van der Waals surface area (Å²) in [7, 11) is 0. The molecule has 162 valence electrons. The number of fused-ring (bicyclic) bond motifs is 1. The Morgan fingerprint density at radius 2 is 1.94 bits per heavy atom. The van der Waals surface area contributed by atoms with Crippen LogP contribution in [-0.2, 0) is 13.1 Å². The van der Waals surface area contributed by atoms with Crippen molar-refractivity contribution in [1.82, 2.24) is 20.0 Å². The van der Waals surface area contributed by atoms with E-state index in [0.717, 1.165) is 34.4 Å². The highest BCUT2D eigenvalue weighted by atomic mass is 35.5. The minimum atomic E-state index is -0.255. The topological polar surface area (TPSA) is 73.0 Å². The summed E-state index contributed by atoms with van der Waals surface area (Å²) >= 11 is 8.08. The van der Waals surface area contributed by atoms with Crippen molar-refractivity contribution in [1.29, 1.82) is 0 Å². The van der Waals surface area contributed by atoms with Crippen LogP contribution in [0.5, 0.6) is 0 Å². The van der Waals surface area contributed by atoms with E-state index in [4.69, 9.17) is 21.1 Å². The van der Waals surface area contributed by atoms with Crippen molar-refractivity contribution in [3.63, 3.8) is 0 Å². The molecule has 8 heteroatoms. The Balaban J connectivity index is 1.45. The minimum absolute atomic E-state index is 0.255. The van der Waals surface area contributed by atoms with Crippen LogP contribution in [-0.4, -0.2) is 26.4 Å². The van der Waals surface area contributed by atoms with Gasteiger partial charge >= 0.3 is 0 Å². The lowest BCUT2D eigenvalue weighted by molar-refractivity contribution is 0.0949. The fourth-order valence-corrected chi connectivity index (χ4v) is 5.08. The largest absolute Gasteiger partial charge is 0.360 e. The van der Waals surface area contributed by atoms with Gasteiger partial charge in [0.05, 0.1) is 23.0 Å². The van der Waals surface area contributed by atoms with E-state index < -0.39 is 0 Å². The number of halogens is 1. The molecule has 0 fully saturated rings. The number of amides is 1. The van der Waals surface area contributed by atoms with Gasteiger partial charge in [-0.1, -0.05) is 76.5 Å². The van der Waals surface area contributed by atoms with Gasteiger partial charge in [-0.3, -0.25) is 4.79 Å². The Bertz CT molecular complexity index is 1310. The lowest BCUT2D eigenvalue weighted by Gasteiger charge is -2.10. The second kappa shape index (κ2) is 8.48. The zero-order valence-corrected chi connectivity index (χ0v) is 19.3. The van der Waals surface area contributed by atoms with Gasteiger partial charge in [-0.2, -0.15) is 0 Å². The molecule has 6 nitrogen and oxygen atoms in total. The van der Waals surface area contributed by atoms with Gasteiger partial charge in [0.1, 0.15) is 17.0 Å². The highest BCUT2D eigenvalue weighted by Gasteiger charge is 2.26. The number of hydrogen-bond acceptors (Lipinski definition) is 5. The molecule has 3 heterocycles. The Kier molecular flexibility index (Phi) is 5.53. The average molecular weight is 465 g/mol. The molecule has 0 saturated carbocycles. The standard InChI is InChI=1S/C24H21ClN4O2S/c1-14-7-9-16(10-8-14)21-19(29-11-12-32-24(29)27-21)13-26-23(30)20-15(2)31-28-22(20)17-5-3-4-6-18(17)25/h3-10H,11-13H2,1-2H3,(H,26,30). The number of aryl methyl sites for hydroxylation is 2. The molecule has 0 radical (unpaired) electrons. The first kappa shape index (κ1) is 20.8. The van der Waals surface area contributed by atoms with Crippen LogP contribution in [0.2, 0.25) is 5.02 Å². The quantitative estimate of drug-likeness (QED) is 0.421. The van der Waals surface area contributed by atoms with Gasteiger partial charge in [-0.25, -0.2) is 4.98 Å². The van der Waals surface area contributed by atoms with Crippen LogP contribution >= 0.6 is 23.4 Å². The van der Waals surface area contributed by atoms with Gasteiger partial charge in [0.25, 0.3) is 5.91 Å². The van der Waals surface area contributed by atoms with Gasteiger partial charge in [0, 0.05) is 23.4 Å². The summed E-state index contributed by atoms with van der Waals surface area (Å²) in [4.78, 5) is 18.1. The highest BCUT2D eigenvalue weighted by Crippen LogP contribution is 2.34. The van der Waals surface area contributed by atoms with Crippen LogP contribution in [0.15, 0.2) is 58.2 Å². The zero-order chi connectivity index (χ0) is 22.2. The minimum Gasteiger partial charge on any atom is -0.360 e. The number of rotatable bonds is 5. The lowest BCUT2D eigenvalue weighted by Crippen LogP contribution is -2.25. The third-order valence-electron chi connectivity index (χ3n) is 5.54. The van der Waals surface area contributed by atoms with Crippen molar-refractivity contribution in [3.05, 3.63) is 76.1 Å². The van der Waals surface area contributed by atoms with Crippen LogP contribution in [0.4, 0.5) is 0 Å². The van der Waals surface area contributed by atoms with Gasteiger partial charge in [-0.05, 0) is 19.9 Å². The molecule has 0 atom stereocenters. The van der Waals surface area contributed by atoms with E-state index in [1.807, 2.05) is 18.2 Å². The predicted octanol–water partition coefficient (Wildman–Crippen LogP) is 5.51. The number of hydrogen-bond donors (Lipinski definition) is 1. The van der Waals surface area contributed by atoms with Crippen LogP contribution in [0, 0.1) is 13.8 Å². The van der Waals surface area contributed by atoms with Gasteiger partial charge in [-0.15, -0.1) is 0 Å². The Morgan fingerprint density at radius 1 is 1.16 bits per heavy atom. The van der Waals surface area contributed by atoms with Crippen molar-refractivity contribution < 1.29 is 9.32 Å². The maximum absolute atomic E-state index is 13.2. The van der Waals surface area contributed by atoms with E-state index in [2.05, 4.69) is 46.2 Å². The molecule has 32 heavy (non-hydrogen) atoms. The summed E-state index contributed by atoms with van der Waals surface area (Å²) in [5, 5.41) is 8.66. The lowest BCUT2D eigenvalue weighted by atomic mass is 10.1. The predicted molar refractivity (Wildman–Crippen MR) is 126 cm³/mol. The summed E-state index contributed by atoms with van der Waals surface area (Å²) in [6, 6.07) is 15.6. The van der Waals surface area contributed by atoms with Crippen molar-refractivity contribution in [3.8, 4) is 22.5 Å². The number of imidazole rings is 1. The summed E-state index contributed by atoms with van der Waals surface area (Å²) < 4.78 is 7.54. The van der Waals surface area contributed by atoms with Crippen LogP contribution in [0.25, 0.3) is 22.5 Å². The molecule has 2 aromatic carbocycles. The highest BCUT2D eigenvalue weighted by molar-refractivity contribution is 7.99. The molecule has 4 aromatic rings. The number of nitrogens with one attached hydrogen (secondary N) is 1. The number of aromatic nitrogens is 3. The Labute approximate surface area is 195 Å². The molecular formula is C24H21ClN4O2S. The summed E-state index contributed by atoms with van der Waals surface area (Å²) in [6.45, 7) is 5.02. The number of nitrogens with zero attached hydrogens (tertiary/aromatic N) is 3. The second-order valence-corrected chi connectivity index (χ2v) is 9.15. The van der Waals surface area contributed by atoms with E-state index in [1.54, 1.807) is 24.8 Å².